The Morgan fingerprint density at radius 1 is 1.17 bits per heavy atom. The second-order valence-corrected chi connectivity index (χ2v) is 10.3. The number of fused-ring (bicyclic) bond motifs is 4. The number of hydrogen-bond donors (Lipinski definition) is 2. The van der Waals surface area contributed by atoms with Crippen LogP contribution in [0.25, 0.3) is 44.0 Å². The van der Waals surface area contributed by atoms with Crippen LogP contribution in [0.2, 0.25) is 0 Å². The molecule has 0 unspecified atom stereocenters. The number of nitrogens with one attached hydrogen (secondary N) is 2. The maximum Gasteiger partial charge on any atom is 0.333 e. The van der Waals surface area contributed by atoms with Crippen LogP contribution in [0.4, 0.5) is 3.89 Å². The van der Waals surface area contributed by atoms with Crippen molar-refractivity contribution >= 4 is 43.1 Å². The third kappa shape index (κ3) is 3.33. The highest BCUT2D eigenvalue weighted by Gasteiger charge is 2.26. The van der Waals surface area contributed by atoms with Crippen molar-refractivity contribution in [2.24, 2.45) is 0 Å². The van der Waals surface area contributed by atoms with E-state index in [1.807, 2.05) is 37.3 Å². The van der Waals surface area contributed by atoms with Crippen molar-refractivity contribution in [3.05, 3.63) is 70.1 Å². The van der Waals surface area contributed by atoms with E-state index >= 15 is 0 Å². The van der Waals surface area contributed by atoms with Crippen LogP contribution < -0.4 is 10.7 Å². The minimum absolute atomic E-state index is 0.0947. The van der Waals surface area contributed by atoms with Crippen LogP contribution in [0.5, 0.6) is 0 Å². The number of aromatic amines is 1. The quantitative estimate of drug-likeness (QED) is 0.287. The lowest BCUT2D eigenvalue weighted by Crippen LogP contribution is -2.44. The van der Waals surface area contributed by atoms with Crippen molar-refractivity contribution in [1.29, 1.82) is 0 Å². The first-order valence-electron chi connectivity index (χ1n) is 11.5. The largest absolute Gasteiger partial charge is 0.340 e. The highest BCUT2D eigenvalue weighted by Crippen LogP contribution is 2.35. The standard InChI is InChI=1S/C27H21FN4O3S/c1-3-15-5-6-20-23(7-15)31-27-25(20)26(33)22-9-16(4-2)21(10-24(22)32(27)18-12-30-13-18)17-8-19(14-29-11-17)36(28,34)35/h1,5-11,14,18,30-31H,4,12-13H2,2H3. The normalized spacial score (nSPS) is 14.4. The molecule has 3 aromatic heterocycles. The topological polar surface area (TPSA) is 96.8 Å². The molecule has 1 aliphatic rings. The van der Waals surface area contributed by atoms with Gasteiger partial charge in [0.1, 0.15) is 10.5 Å². The highest BCUT2D eigenvalue weighted by atomic mass is 32.3. The van der Waals surface area contributed by atoms with Crippen LogP contribution in [0.1, 0.15) is 24.1 Å². The van der Waals surface area contributed by atoms with Gasteiger partial charge in [0, 0.05) is 52.9 Å². The summed E-state index contributed by atoms with van der Waals surface area (Å²) >= 11 is 0. The zero-order chi connectivity index (χ0) is 25.2. The molecule has 180 valence electrons. The molecule has 0 radical (unpaired) electrons. The number of hydrogen-bond acceptors (Lipinski definition) is 5. The Morgan fingerprint density at radius 3 is 2.64 bits per heavy atom. The van der Waals surface area contributed by atoms with Gasteiger partial charge in [-0.2, -0.15) is 8.42 Å². The summed E-state index contributed by atoms with van der Waals surface area (Å²) in [4.78, 5) is 20.7. The summed E-state index contributed by atoms with van der Waals surface area (Å²) in [6, 6.07) is 10.7. The van der Waals surface area contributed by atoms with E-state index in [1.54, 1.807) is 0 Å². The van der Waals surface area contributed by atoms with E-state index < -0.39 is 15.1 Å². The van der Waals surface area contributed by atoms with Crippen LogP contribution in [-0.4, -0.2) is 36.0 Å². The van der Waals surface area contributed by atoms with Gasteiger partial charge in [0.25, 0.3) is 0 Å². The summed E-state index contributed by atoms with van der Waals surface area (Å²) in [6.07, 6.45) is 8.67. The number of H-pyrrole nitrogens is 1. The molecule has 4 heterocycles. The van der Waals surface area contributed by atoms with Gasteiger partial charge in [0.2, 0.25) is 0 Å². The van der Waals surface area contributed by atoms with E-state index in [0.29, 0.717) is 45.0 Å². The molecule has 0 saturated carbocycles. The lowest BCUT2D eigenvalue weighted by molar-refractivity contribution is 0.357. The van der Waals surface area contributed by atoms with Crippen molar-refractivity contribution in [2.75, 3.05) is 13.1 Å². The van der Waals surface area contributed by atoms with Gasteiger partial charge in [-0.05, 0) is 47.9 Å². The summed E-state index contributed by atoms with van der Waals surface area (Å²) in [6.45, 7) is 3.42. The predicted octanol–water partition coefficient (Wildman–Crippen LogP) is 4.04. The number of terminal acetylenes is 1. The van der Waals surface area contributed by atoms with Gasteiger partial charge >= 0.3 is 10.2 Å². The van der Waals surface area contributed by atoms with Crippen molar-refractivity contribution in [3.8, 4) is 23.5 Å². The third-order valence-corrected chi connectivity index (χ3v) is 7.74. The summed E-state index contributed by atoms with van der Waals surface area (Å²) in [7, 11) is -4.91. The molecule has 1 fully saturated rings. The van der Waals surface area contributed by atoms with Crippen molar-refractivity contribution in [3.63, 3.8) is 0 Å². The van der Waals surface area contributed by atoms with Gasteiger partial charge in [-0.3, -0.25) is 9.78 Å². The Morgan fingerprint density at radius 2 is 1.97 bits per heavy atom. The molecule has 0 aliphatic carbocycles. The zero-order valence-electron chi connectivity index (χ0n) is 19.3. The SMILES string of the molecule is C#Cc1ccc2c(c1)[nH]c1c2c(=O)c2cc(CC)c(-c3cncc(S(=O)(=O)F)c3)cc2n1C1CNC1. The van der Waals surface area contributed by atoms with Crippen LogP contribution in [0.3, 0.4) is 0 Å². The molecule has 5 aromatic rings. The summed E-state index contributed by atoms with van der Waals surface area (Å²) in [5.41, 5.74) is 4.83. The molecule has 0 spiro atoms. The second-order valence-electron chi connectivity index (χ2n) is 8.99. The van der Waals surface area contributed by atoms with E-state index in [9.17, 15) is 17.1 Å². The van der Waals surface area contributed by atoms with Crippen molar-refractivity contribution in [2.45, 2.75) is 24.3 Å². The lowest BCUT2D eigenvalue weighted by Gasteiger charge is -2.32. The average molecular weight is 501 g/mol. The fourth-order valence-electron chi connectivity index (χ4n) is 5.05. The minimum atomic E-state index is -4.91. The van der Waals surface area contributed by atoms with Gasteiger partial charge in [-0.1, -0.05) is 18.9 Å². The Kier molecular flexibility index (Phi) is 5.00. The van der Waals surface area contributed by atoms with Gasteiger partial charge < -0.3 is 14.9 Å². The Labute approximate surface area is 206 Å². The number of benzene rings is 2. The van der Waals surface area contributed by atoms with Crippen LogP contribution in [0, 0.1) is 12.3 Å². The van der Waals surface area contributed by atoms with Gasteiger partial charge in [0.05, 0.1) is 16.9 Å². The second kappa shape index (κ2) is 8.01. The molecule has 7 nitrogen and oxygen atoms in total. The number of pyridine rings is 2. The first-order chi connectivity index (χ1) is 17.3. The molecule has 2 N–H and O–H groups in total. The molecule has 9 heteroatoms. The summed E-state index contributed by atoms with van der Waals surface area (Å²) in [5.74, 6) is 2.64. The van der Waals surface area contributed by atoms with E-state index in [-0.39, 0.29) is 11.5 Å². The molecule has 0 atom stereocenters. The van der Waals surface area contributed by atoms with Crippen molar-refractivity contribution < 1.29 is 12.3 Å². The number of halogens is 1. The molecule has 1 saturated heterocycles. The van der Waals surface area contributed by atoms with Crippen molar-refractivity contribution in [1.82, 2.24) is 19.9 Å². The molecule has 0 amide bonds. The Hall–Kier alpha value is -4.00. The smallest absolute Gasteiger partial charge is 0.333 e. The molecular weight excluding hydrogens is 479 g/mol. The summed E-state index contributed by atoms with van der Waals surface area (Å²) < 4.78 is 38.9. The lowest BCUT2D eigenvalue weighted by atomic mass is 9.95. The molecule has 36 heavy (non-hydrogen) atoms. The number of rotatable bonds is 4. The predicted molar refractivity (Wildman–Crippen MR) is 138 cm³/mol. The minimum Gasteiger partial charge on any atom is -0.340 e. The average Bonchev–Trinajstić information content (AvgIpc) is 3.22. The third-order valence-electron chi connectivity index (χ3n) is 6.95. The van der Waals surface area contributed by atoms with E-state index in [4.69, 9.17) is 6.42 Å². The Bertz CT molecular complexity index is 1930. The number of aryl methyl sites for hydroxylation is 1. The maximum atomic E-state index is 13.9. The Balaban J connectivity index is 1.74. The monoisotopic (exact) mass is 500 g/mol. The highest BCUT2D eigenvalue weighted by molar-refractivity contribution is 7.86. The van der Waals surface area contributed by atoms with E-state index in [0.717, 1.165) is 35.8 Å². The van der Waals surface area contributed by atoms with E-state index in [1.165, 1.54) is 12.3 Å². The zero-order valence-corrected chi connectivity index (χ0v) is 20.1. The molecule has 2 aromatic carbocycles. The maximum absolute atomic E-state index is 13.9. The van der Waals surface area contributed by atoms with Gasteiger partial charge in [0.15, 0.2) is 5.43 Å². The first-order valence-corrected chi connectivity index (χ1v) is 12.9. The molecule has 1 aliphatic heterocycles. The summed E-state index contributed by atoms with van der Waals surface area (Å²) in [5, 5.41) is 5.28. The van der Waals surface area contributed by atoms with E-state index in [2.05, 4.69) is 25.8 Å². The fourth-order valence-corrected chi connectivity index (χ4v) is 5.50. The van der Waals surface area contributed by atoms with Crippen LogP contribution >= 0.6 is 0 Å². The number of nitrogens with zero attached hydrogens (tertiary/aromatic N) is 2. The first kappa shape index (κ1) is 22.5. The fraction of sp³-hybridized carbons (Fsp3) is 0.185. The van der Waals surface area contributed by atoms with Gasteiger partial charge in [-0.25, -0.2) is 0 Å². The molecule has 0 bridgehead atoms. The molecule has 6 rings (SSSR count). The molecular formula is C27H21FN4O3S. The van der Waals surface area contributed by atoms with Crippen LogP contribution in [-0.2, 0) is 16.6 Å². The number of aromatic nitrogens is 3. The van der Waals surface area contributed by atoms with Gasteiger partial charge in [-0.15, -0.1) is 10.3 Å². The van der Waals surface area contributed by atoms with Crippen LogP contribution in [0.15, 0.2) is 58.5 Å².